The van der Waals surface area contributed by atoms with Gasteiger partial charge in [-0.1, -0.05) is 0 Å². The number of nitrogens with zero attached hydrogens (tertiary/aromatic N) is 1. The Hall–Kier alpha value is -1.73. The smallest absolute Gasteiger partial charge is 0.254 e. The highest BCUT2D eigenvalue weighted by atomic mass is 32.1. The van der Waals surface area contributed by atoms with Crippen LogP contribution in [0.25, 0.3) is 0 Å². The van der Waals surface area contributed by atoms with Gasteiger partial charge in [-0.05, 0) is 50.5 Å². The second kappa shape index (κ2) is 5.16. The molecule has 3 saturated heterocycles. The largest absolute Gasteiger partial charge is 0.373 e. The maximum Gasteiger partial charge on any atom is 0.254 e. The molecule has 136 valence electrons. The van der Waals surface area contributed by atoms with Crippen molar-refractivity contribution in [3.05, 3.63) is 16.0 Å². The quantitative estimate of drug-likeness (QED) is 0.821. The molecule has 1 aromatic heterocycles. The monoisotopic (exact) mass is 372 g/mol. The first-order valence-corrected chi connectivity index (χ1v) is 10.4. The van der Waals surface area contributed by atoms with E-state index in [1.54, 1.807) is 0 Å². The van der Waals surface area contributed by atoms with E-state index in [1.165, 1.54) is 16.2 Å². The van der Waals surface area contributed by atoms with E-state index >= 15 is 0 Å². The van der Waals surface area contributed by atoms with E-state index in [2.05, 4.69) is 5.32 Å². The minimum Gasteiger partial charge on any atom is -0.373 e. The number of carbonyl (C=O) groups excluding carboxylic acids is 3. The molecule has 1 saturated carbocycles. The Labute approximate surface area is 154 Å². The van der Waals surface area contributed by atoms with Crippen LogP contribution >= 0.6 is 11.3 Å². The van der Waals surface area contributed by atoms with E-state index in [9.17, 15) is 14.4 Å². The Morgan fingerprint density at radius 3 is 2.38 bits per heavy atom. The van der Waals surface area contributed by atoms with Crippen LogP contribution in [0.1, 0.15) is 52.9 Å². The van der Waals surface area contributed by atoms with Crippen molar-refractivity contribution in [2.75, 3.05) is 4.90 Å². The number of fused-ring (bicyclic) bond motifs is 6. The van der Waals surface area contributed by atoms with Gasteiger partial charge in [0.15, 0.2) is 0 Å². The van der Waals surface area contributed by atoms with Gasteiger partial charge in [-0.25, -0.2) is 4.90 Å². The van der Waals surface area contributed by atoms with Crippen LogP contribution < -0.4 is 10.2 Å². The van der Waals surface area contributed by atoms with Crippen molar-refractivity contribution >= 4 is 34.1 Å². The van der Waals surface area contributed by atoms with Crippen molar-refractivity contribution in [3.8, 4) is 0 Å². The van der Waals surface area contributed by atoms with Crippen LogP contribution in [-0.4, -0.2) is 36.0 Å². The van der Waals surface area contributed by atoms with E-state index < -0.39 is 0 Å². The zero-order valence-electron chi connectivity index (χ0n) is 14.3. The number of thiophene rings is 1. The average Bonchev–Trinajstić information content (AvgIpc) is 3.04. The lowest BCUT2D eigenvalue weighted by atomic mass is 9.81. The first kappa shape index (κ1) is 15.3. The van der Waals surface area contributed by atoms with Crippen molar-refractivity contribution in [3.63, 3.8) is 0 Å². The van der Waals surface area contributed by atoms with Crippen LogP contribution in [0.5, 0.6) is 0 Å². The summed E-state index contributed by atoms with van der Waals surface area (Å²) in [5.74, 6) is -1.13. The molecule has 7 heteroatoms. The number of nitrogens with one attached hydrogen (secondary N) is 1. The number of ether oxygens (including phenoxy) is 1. The maximum atomic E-state index is 13.1. The van der Waals surface area contributed by atoms with Crippen molar-refractivity contribution in [1.82, 2.24) is 5.32 Å². The van der Waals surface area contributed by atoms with Gasteiger partial charge in [-0.3, -0.25) is 14.4 Å². The summed E-state index contributed by atoms with van der Waals surface area (Å²) in [7, 11) is 0. The molecule has 3 amide bonds. The molecule has 2 aliphatic carbocycles. The number of imide groups is 1. The molecule has 4 fully saturated rings. The van der Waals surface area contributed by atoms with Crippen LogP contribution in [0, 0.1) is 11.8 Å². The van der Waals surface area contributed by atoms with Crippen molar-refractivity contribution in [2.45, 2.75) is 63.2 Å². The summed E-state index contributed by atoms with van der Waals surface area (Å²) in [4.78, 5) is 41.7. The highest BCUT2D eigenvalue weighted by Crippen LogP contribution is 2.52. The molecule has 2 bridgehead atoms. The first-order chi connectivity index (χ1) is 12.6. The third-order valence-corrected chi connectivity index (χ3v) is 7.81. The Balaban J connectivity index is 1.43. The number of amides is 3. The topological polar surface area (TPSA) is 75.7 Å². The molecule has 1 N–H and O–H groups in total. The molecule has 0 radical (unpaired) electrons. The molecular formula is C19H20N2O4S. The fourth-order valence-corrected chi connectivity index (χ4v) is 6.58. The molecule has 4 atom stereocenters. The maximum absolute atomic E-state index is 13.1. The Bertz CT molecular complexity index is 830. The summed E-state index contributed by atoms with van der Waals surface area (Å²) in [5.41, 5.74) is 1.64. The van der Waals surface area contributed by atoms with Crippen LogP contribution in [0.3, 0.4) is 0 Å². The highest BCUT2D eigenvalue weighted by Gasteiger charge is 2.63. The number of rotatable bonds is 3. The lowest BCUT2D eigenvalue weighted by Gasteiger charge is -2.18. The summed E-state index contributed by atoms with van der Waals surface area (Å²) >= 11 is 1.47. The SMILES string of the molecule is O=C(NC1CC1)c1c(N2C(=O)[C@@H]3[C@H](C2=O)[C@H]2CC[C@H]3O2)sc2c1CCC2. The molecule has 0 aromatic carbocycles. The number of aryl methyl sites for hydroxylation is 1. The van der Waals surface area contributed by atoms with Gasteiger partial charge in [0.2, 0.25) is 11.8 Å². The van der Waals surface area contributed by atoms with Gasteiger partial charge in [-0.15, -0.1) is 11.3 Å². The molecular weight excluding hydrogens is 352 g/mol. The second-order valence-corrected chi connectivity index (χ2v) is 9.22. The van der Waals surface area contributed by atoms with Crippen LogP contribution in [0.15, 0.2) is 0 Å². The summed E-state index contributed by atoms with van der Waals surface area (Å²) in [6.45, 7) is 0. The summed E-state index contributed by atoms with van der Waals surface area (Å²) in [6.07, 6.45) is 6.32. The predicted octanol–water partition coefficient (Wildman–Crippen LogP) is 1.80. The number of carbonyl (C=O) groups is 3. The van der Waals surface area contributed by atoms with Gasteiger partial charge >= 0.3 is 0 Å². The minimum atomic E-state index is -0.350. The number of anilines is 1. The molecule has 0 unspecified atom stereocenters. The molecule has 6 nitrogen and oxygen atoms in total. The fraction of sp³-hybridized carbons (Fsp3) is 0.632. The summed E-state index contributed by atoms with van der Waals surface area (Å²) in [5, 5.41) is 3.62. The van der Waals surface area contributed by atoms with E-state index in [-0.39, 0.29) is 47.8 Å². The van der Waals surface area contributed by atoms with Crippen molar-refractivity contribution in [1.29, 1.82) is 0 Å². The van der Waals surface area contributed by atoms with E-state index in [1.807, 2.05) is 0 Å². The molecule has 4 heterocycles. The van der Waals surface area contributed by atoms with E-state index in [0.717, 1.165) is 55.4 Å². The Morgan fingerprint density at radius 1 is 1.04 bits per heavy atom. The standard InChI is InChI=1S/C19H20N2O4S/c22-16(20-8-4-5-8)13-9-2-1-3-12(9)26-19(13)21-17(23)14-10-6-7-11(25-10)15(14)18(21)24/h8,10-11,14-15H,1-7H2,(H,20,22)/t10-,11-,14-,15+/m1/s1. The minimum absolute atomic E-state index is 0.112. The van der Waals surface area contributed by atoms with Crippen LogP contribution in [0.4, 0.5) is 5.00 Å². The first-order valence-electron chi connectivity index (χ1n) is 9.62. The van der Waals surface area contributed by atoms with Gasteiger partial charge < -0.3 is 10.1 Å². The zero-order valence-corrected chi connectivity index (χ0v) is 15.1. The van der Waals surface area contributed by atoms with Crippen molar-refractivity contribution in [2.24, 2.45) is 11.8 Å². The lowest BCUT2D eigenvalue weighted by Crippen LogP contribution is -2.36. The third-order valence-electron chi connectivity index (χ3n) is 6.53. The van der Waals surface area contributed by atoms with Gasteiger partial charge in [0.1, 0.15) is 5.00 Å². The molecule has 6 rings (SSSR count). The van der Waals surface area contributed by atoms with E-state index in [0.29, 0.717) is 10.6 Å². The number of hydrogen-bond acceptors (Lipinski definition) is 5. The molecule has 3 aliphatic heterocycles. The molecule has 0 spiro atoms. The molecule has 5 aliphatic rings. The van der Waals surface area contributed by atoms with Crippen LogP contribution in [-0.2, 0) is 27.2 Å². The highest BCUT2D eigenvalue weighted by molar-refractivity contribution is 7.17. The lowest BCUT2D eigenvalue weighted by molar-refractivity contribution is -0.124. The Kier molecular flexibility index (Phi) is 3.05. The predicted molar refractivity (Wildman–Crippen MR) is 94.2 cm³/mol. The molecule has 26 heavy (non-hydrogen) atoms. The van der Waals surface area contributed by atoms with Gasteiger partial charge in [-0.2, -0.15) is 0 Å². The second-order valence-electron chi connectivity index (χ2n) is 8.14. The van der Waals surface area contributed by atoms with Gasteiger partial charge in [0, 0.05) is 10.9 Å². The van der Waals surface area contributed by atoms with E-state index in [4.69, 9.17) is 4.74 Å². The van der Waals surface area contributed by atoms with Gasteiger partial charge in [0.25, 0.3) is 5.91 Å². The summed E-state index contributed by atoms with van der Waals surface area (Å²) < 4.78 is 5.82. The van der Waals surface area contributed by atoms with Gasteiger partial charge in [0.05, 0.1) is 29.6 Å². The summed E-state index contributed by atoms with van der Waals surface area (Å²) in [6, 6.07) is 0.251. The number of hydrogen-bond donors (Lipinski definition) is 1. The van der Waals surface area contributed by atoms with Crippen LogP contribution in [0.2, 0.25) is 0 Å². The zero-order chi connectivity index (χ0) is 17.6. The normalized spacial score (nSPS) is 34.5. The fourth-order valence-electron chi connectivity index (χ4n) is 5.18. The Morgan fingerprint density at radius 2 is 1.73 bits per heavy atom. The van der Waals surface area contributed by atoms with Crippen molar-refractivity contribution < 1.29 is 19.1 Å². The molecule has 1 aromatic rings. The third kappa shape index (κ3) is 1.93. The average molecular weight is 372 g/mol.